The second-order valence-electron chi connectivity index (χ2n) is 3.46. The van der Waals surface area contributed by atoms with Crippen molar-refractivity contribution in [2.75, 3.05) is 0 Å². The standard InChI is InChI=1S/C11H11Br2N3/c12-10-2-1-8(3-11(10)13)4-14-5-9-6-15-16-7-9/h1-3,6-7,14H,4-5H2,(H,15,16). The molecule has 0 aliphatic carbocycles. The Hall–Kier alpha value is -0.650. The number of benzene rings is 1. The Labute approximate surface area is 111 Å². The monoisotopic (exact) mass is 343 g/mol. The maximum atomic E-state index is 3.89. The minimum absolute atomic E-state index is 0.824. The summed E-state index contributed by atoms with van der Waals surface area (Å²) in [7, 11) is 0. The first-order valence-electron chi connectivity index (χ1n) is 4.88. The van der Waals surface area contributed by atoms with Gasteiger partial charge in [-0.15, -0.1) is 0 Å². The zero-order valence-electron chi connectivity index (χ0n) is 8.50. The van der Waals surface area contributed by atoms with Crippen LogP contribution in [0.5, 0.6) is 0 Å². The molecule has 2 N–H and O–H groups in total. The van der Waals surface area contributed by atoms with Crippen LogP contribution in [0.2, 0.25) is 0 Å². The van der Waals surface area contributed by atoms with Gasteiger partial charge >= 0.3 is 0 Å². The molecule has 0 fully saturated rings. The van der Waals surface area contributed by atoms with Gasteiger partial charge < -0.3 is 5.32 Å². The third-order valence-corrected chi connectivity index (χ3v) is 4.08. The van der Waals surface area contributed by atoms with Crippen molar-refractivity contribution in [2.24, 2.45) is 0 Å². The van der Waals surface area contributed by atoms with E-state index in [1.807, 2.05) is 18.5 Å². The molecular formula is C11H11Br2N3. The Balaban J connectivity index is 1.87. The number of nitrogens with one attached hydrogen (secondary N) is 2. The molecule has 0 saturated carbocycles. The third kappa shape index (κ3) is 3.17. The minimum Gasteiger partial charge on any atom is -0.309 e. The smallest absolute Gasteiger partial charge is 0.0532 e. The molecule has 1 aromatic heterocycles. The van der Waals surface area contributed by atoms with Gasteiger partial charge in [0.25, 0.3) is 0 Å². The van der Waals surface area contributed by atoms with Gasteiger partial charge in [0.15, 0.2) is 0 Å². The highest BCUT2D eigenvalue weighted by molar-refractivity contribution is 9.13. The molecule has 0 saturated heterocycles. The summed E-state index contributed by atoms with van der Waals surface area (Å²) < 4.78 is 2.15. The zero-order valence-corrected chi connectivity index (χ0v) is 11.7. The molecule has 0 atom stereocenters. The molecule has 0 aliphatic rings. The predicted octanol–water partition coefficient (Wildman–Crippen LogP) is 3.22. The molecule has 0 aliphatic heterocycles. The van der Waals surface area contributed by atoms with Crippen LogP contribution in [0.3, 0.4) is 0 Å². The number of hydrogen-bond acceptors (Lipinski definition) is 2. The molecule has 5 heteroatoms. The van der Waals surface area contributed by atoms with Gasteiger partial charge in [0.1, 0.15) is 0 Å². The first-order valence-corrected chi connectivity index (χ1v) is 6.46. The molecule has 1 aromatic carbocycles. The molecule has 2 aromatic rings. The fourth-order valence-electron chi connectivity index (χ4n) is 1.38. The first-order chi connectivity index (χ1) is 7.75. The van der Waals surface area contributed by atoms with Crippen LogP contribution in [-0.4, -0.2) is 10.2 Å². The molecule has 0 unspecified atom stereocenters. The zero-order chi connectivity index (χ0) is 11.4. The number of aromatic amines is 1. The Morgan fingerprint density at radius 3 is 2.62 bits per heavy atom. The van der Waals surface area contributed by atoms with Crippen molar-refractivity contribution in [1.82, 2.24) is 15.5 Å². The predicted molar refractivity (Wildman–Crippen MR) is 71.0 cm³/mol. The van der Waals surface area contributed by atoms with Crippen LogP contribution in [0.15, 0.2) is 39.5 Å². The van der Waals surface area contributed by atoms with E-state index in [0.717, 1.165) is 27.6 Å². The Morgan fingerprint density at radius 1 is 1.12 bits per heavy atom. The van der Waals surface area contributed by atoms with Crippen LogP contribution in [0.25, 0.3) is 0 Å². The summed E-state index contributed by atoms with van der Waals surface area (Å²) in [5, 5.41) is 10.0. The lowest BCUT2D eigenvalue weighted by molar-refractivity contribution is 0.693. The summed E-state index contributed by atoms with van der Waals surface area (Å²) in [6, 6.07) is 6.24. The van der Waals surface area contributed by atoms with Gasteiger partial charge in [0, 0.05) is 33.8 Å². The maximum absolute atomic E-state index is 3.89. The molecule has 2 rings (SSSR count). The third-order valence-electron chi connectivity index (χ3n) is 2.20. The summed E-state index contributed by atoms with van der Waals surface area (Å²) in [6.07, 6.45) is 3.72. The van der Waals surface area contributed by atoms with Crippen molar-refractivity contribution < 1.29 is 0 Å². The van der Waals surface area contributed by atoms with E-state index < -0.39 is 0 Å². The maximum Gasteiger partial charge on any atom is 0.0532 e. The lowest BCUT2D eigenvalue weighted by Crippen LogP contribution is -2.12. The van der Waals surface area contributed by atoms with E-state index in [1.165, 1.54) is 5.56 Å². The van der Waals surface area contributed by atoms with Crippen molar-refractivity contribution in [3.05, 3.63) is 50.7 Å². The van der Waals surface area contributed by atoms with Crippen LogP contribution in [0.4, 0.5) is 0 Å². The van der Waals surface area contributed by atoms with E-state index in [1.54, 1.807) is 0 Å². The van der Waals surface area contributed by atoms with Crippen LogP contribution in [0, 0.1) is 0 Å². The average molecular weight is 345 g/mol. The van der Waals surface area contributed by atoms with Crippen LogP contribution in [0.1, 0.15) is 11.1 Å². The summed E-state index contributed by atoms with van der Waals surface area (Å²) in [4.78, 5) is 0. The number of H-pyrrole nitrogens is 1. The molecule has 0 bridgehead atoms. The average Bonchev–Trinajstić information content (AvgIpc) is 2.76. The number of hydrogen-bond donors (Lipinski definition) is 2. The van der Waals surface area contributed by atoms with Gasteiger partial charge in [-0.3, -0.25) is 5.10 Å². The highest BCUT2D eigenvalue weighted by atomic mass is 79.9. The molecule has 0 radical (unpaired) electrons. The summed E-state index contributed by atoms with van der Waals surface area (Å²) in [5.74, 6) is 0. The fourth-order valence-corrected chi connectivity index (χ4v) is 2.05. The normalized spacial score (nSPS) is 10.6. The number of nitrogens with zero attached hydrogens (tertiary/aromatic N) is 1. The van der Waals surface area contributed by atoms with E-state index in [9.17, 15) is 0 Å². The van der Waals surface area contributed by atoms with Gasteiger partial charge in [-0.2, -0.15) is 5.10 Å². The van der Waals surface area contributed by atoms with E-state index in [2.05, 4.69) is 59.5 Å². The minimum atomic E-state index is 0.824. The van der Waals surface area contributed by atoms with Crippen LogP contribution < -0.4 is 5.32 Å². The van der Waals surface area contributed by atoms with Crippen molar-refractivity contribution in [2.45, 2.75) is 13.1 Å². The Morgan fingerprint density at radius 2 is 1.94 bits per heavy atom. The topological polar surface area (TPSA) is 40.7 Å². The highest BCUT2D eigenvalue weighted by Gasteiger charge is 1.99. The van der Waals surface area contributed by atoms with Gasteiger partial charge in [-0.1, -0.05) is 6.07 Å². The van der Waals surface area contributed by atoms with E-state index in [4.69, 9.17) is 0 Å². The second-order valence-corrected chi connectivity index (χ2v) is 5.17. The van der Waals surface area contributed by atoms with Gasteiger partial charge in [-0.05, 0) is 49.6 Å². The number of halogens is 2. The van der Waals surface area contributed by atoms with Crippen LogP contribution in [-0.2, 0) is 13.1 Å². The lowest BCUT2D eigenvalue weighted by Gasteiger charge is -2.04. The van der Waals surface area contributed by atoms with Crippen molar-refractivity contribution in [1.29, 1.82) is 0 Å². The van der Waals surface area contributed by atoms with Crippen molar-refractivity contribution in [3.63, 3.8) is 0 Å². The molecule has 0 amide bonds. The fraction of sp³-hybridized carbons (Fsp3) is 0.182. The summed E-state index contributed by atoms with van der Waals surface area (Å²) >= 11 is 6.94. The van der Waals surface area contributed by atoms with Crippen molar-refractivity contribution in [3.8, 4) is 0 Å². The Bertz CT molecular complexity index is 454. The van der Waals surface area contributed by atoms with Crippen LogP contribution >= 0.6 is 31.9 Å². The second kappa shape index (κ2) is 5.61. The SMILES string of the molecule is Brc1ccc(CNCc2cn[nH]c2)cc1Br. The van der Waals surface area contributed by atoms with E-state index >= 15 is 0 Å². The summed E-state index contributed by atoms with van der Waals surface area (Å²) in [5.41, 5.74) is 2.41. The van der Waals surface area contributed by atoms with E-state index in [0.29, 0.717) is 0 Å². The Kier molecular flexibility index (Phi) is 4.15. The largest absolute Gasteiger partial charge is 0.309 e. The lowest BCUT2D eigenvalue weighted by atomic mass is 10.2. The van der Waals surface area contributed by atoms with Gasteiger partial charge in [0.05, 0.1) is 6.20 Å². The first kappa shape index (κ1) is 11.8. The van der Waals surface area contributed by atoms with Gasteiger partial charge in [0.2, 0.25) is 0 Å². The quantitative estimate of drug-likeness (QED) is 0.894. The molecule has 16 heavy (non-hydrogen) atoms. The molecule has 1 heterocycles. The van der Waals surface area contributed by atoms with Gasteiger partial charge in [-0.25, -0.2) is 0 Å². The molecular weight excluding hydrogens is 334 g/mol. The highest BCUT2D eigenvalue weighted by Crippen LogP contribution is 2.23. The number of aromatic nitrogens is 2. The molecule has 3 nitrogen and oxygen atoms in total. The molecule has 84 valence electrons. The summed E-state index contributed by atoms with van der Waals surface area (Å²) in [6.45, 7) is 1.67. The van der Waals surface area contributed by atoms with E-state index in [-0.39, 0.29) is 0 Å². The van der Waals surface area contributed by atoms with Crippen molar-refractivity contribution >= 4 is 31.9 Å². The number of rotatable bonds is 4. The molecule has 0 spiro atoms.